The number of aryl methyl sites for hydroxylation is 2. The summed E-state index contributed by atoms with van der Waals surface area (Å²) < 4.78 is 7.32. The molecule has 0 radical (unpaired) electrons. The lowest BCUT2D eigenvalue weighted by Crippen LogP contribution is -2.39. The summed E-state index contributed by atoms with van der Waals surface area (Å²) in [6.07, 6.45) is 7.51. The third-order valence-electron chi connectivity index (χ3n) is 5.47. The second-order valence-electron chi connectivity index (χ2n) is 7.81. The van der Waals surface area contributed by atoms with Crippen molar-refractivity contribution in [3.63, 3.8) is 0 Å². The van der Waals surface area contributed by atoms with Crippen LogP contribution < -0.4 is 15.4 Å². The molecule has 2 aromatic rings. The van der Waals surface area contributed by atoms with Crippen molar-refractivity contribution in [2.24, 2.45) is 4.99 Å². The smallest absolute Gasteiger partial charge is 0.191 e. The molecular formula is C23H37IN6O. The summed E-state index contributed by atoms with van der Waals surface area (Å²) in [5.41, 5.74) is 2.50. The fourth-order valence-corrected chi connectivity index (χ4v) is 3.87. The van der Waals surface area contributed by atoms with Crippen molar-refractivity contribution in [2.45, 2.75) is 45.7 Å². The monoisotopic (exact) mass is 540 g/mol. The first-order chi connectivity index (χ1) is 14.7. The summed E-state index contributed by atoms with van der Waals surface area (Å²) in [5.74, 6) is 1.77. The normalized spacial score (nSPS) is 15.4. The Hall–Kier alpha value is -1.81. The lowest BCUT2D eigenvalue weighted by Gasteiger charge is -2.27. The van der Waals surface area contributed by atoms with Crippen LogP contribution in [0, 0.1) is 6.92 Å². The largest absolute Gasteiger partial charge is 0.497 e. The molecular weight excluding hydrogens is 503 g/mol. The van der Waals surface area contributed by atoms with E-state index in [0.29, 0.717) is 6.04 Å². The minimum Gasteiger partial charge on any atom is -0.497 e. The number of nitrogens with zero attached hydrogens (tertiary/aromatic N) is 4. The Labute approximate surface area is 203 Å². The molecule has 8 heteroatoms. The average molecular weight is 540 g/mol. The van der Waals surface area contributed by atoms with Crippen molar-refractivity contribution in [1.82, 2.24) is 25.3 Å². The number of guanidine groups is 1. The minimum absolute atomic E-state index is 0. The maximum Gasteiger partial charge on any atom is 0.191 e. The maximum absolute atomic E-state index is 5.33. The van der Waals surface area contributed by atoms with Crippen molar-refractivity contribution >= 4 is 29.9 Å². The van der Waals surface area contributed by atoms with Gasteiger partial charge in [-0.3, -0.25) is 14.6 Å². The van der Waals surface area contributed by atoms with Crippen molar-refractivity contribution in [3.8, 4) is 5.75 Å². The Morgan fingerprint density at radius 2 is 1.94 bits per heavy atom. The zero-order valence-corrected chi connectivity index (χ0v) is 21.3. The second-order valence-corrected chi connectivity index (χ2v) is 7.81. The van der Waals surface area contributed by atoms with Gasteiger partial charge < -0.3 is 15.4 Å². The average Bonchev–Trinajstić information content (AvgIpc) is 3.44. The van der Waals surface area contributed by atoms with Crippen LogP contribution in [0.3, 0.4) is 0 Å². The van der Waals surface area contributed by atoms with Gasteiger partial charge >= 0.3 is 0 Å². The van der Waals surface area contributed by atoms with E-state index in [1.807, 2.05) is 23.0 Å². The lowest BCUT2D eigenvalue weighted by molar-refractivity contribution is 0.251. The fraction of sp³-hybridized carbons (Fsp3) is 0.565. The summed E-state index contributed by atoms with van der Waals surface area (Å²) in [4.78, 5) is 7.48. The van der Waals surface area contributed by atoms with E-state index in [-0.39, 0.29) is 24.0 Å². The Morgan fingerprint density at radius 3 is 2.55 bits per heavy atom. The first-order valence-electron chi connectivity index (χ1n) is 11.1. The van der Waals surface area contributed by atoms with Crippen LogP contribution >= 0.6 is 24.0 Å². The number of hydrogen-bond donors (Lipinski definition) is 2. The first-order valence-corrected chi connectivity index (χ1v) is 11.1. The number of ether oxygens (including phenoxy) is 1. The van der Waals surface area contributed by atoms with E-state index in [4.69, 9.17) is 9.73 Å². The van der Waals surface area contributed by atoms with E-state index in [1.165, 1.54) is 24.0 Å². The van der Waals surface area contributed by atoms with Gasteiger partial charge in [-0.1, -0.05) is 12.1 Å². The lowest BCUT2D eigenvalue weighted by atomic mass is 10.1. The number of halogens is 1. The molecule has 1 unspecified atom stereocenters. The number of hydrogen-bond acceptors (Lipinski definition) is 4. The fourth-order valence-electron chi connectivity index (χ4n) is 3.87. The molecule has 0 bridgehead atoms. The summed E-state index contributed by atoms with van der Waals surface area (Å²) in [6, 6.07) is 8.72. The second kappa shape index (κ2) is 13.6. The SMILES string of the molecule is CCNC(=NCC(c1ccc(OC)cc1)N1CCCC1)NCCCn1cc(C)cn1.I. The highest BCUT2D eigenvalue weighted by Gasteiger charge is 2.23. The number of benzene rings is 1. The molecule has 1 aliphatic rings. The van der Waals surface area contributed by atoms with E-state index >= 15 is 0 Å². The summed E-state index contributed by atoms with van der Waals surface area (Å²) in [5, 5.41) is 11.2. The molecule has 2 N–H and O–H groups in total. The number of aliphatic imine (C=N–C) groups is 1. The van der Waals surface area contributed by atoms with Gasteiger partial charge in [0.05, 0.1) is 25.9 Å². The third kappa shape index (κ3) is 7.99. The van der Waals surface area contributed by atoms with Gasteiger partial charge in [-0.2, -0.15) is 5.10 Å². The number of likely N-dealkylation sites (tertiary alicyclic amines) is 1. The first kappa shape index (κ1) is 25.5. The van der Waals surface area contributed by atoms with Crippen molar-refractivity contribution in [2.75, 3.05) is 39.8 Å². The van der Waals surface area contributed by atoms with Gasteiger partial charge in [0.15, 0.2) is 5.96 Å². The highest BCUT2D eigenvalue weighted by atomic mass is 127. The molecule has 0 aliphatic carbocycles. The highest BCUT2D eigenvalue weighted by molar-refractivity contribution is 14.0. The molecule has 1 saturated heterocycles. The Kier molecular flexibility index (Phi) is 11.1. The molecule has 2 heterocycles. The van der Waals surface area contributed by atoms with Gasteiger partial charge in [-0.15, -0.1) is 24.0 Å². The molecule has 31 heavy (non-hydrogen) atoms. The van der Waals surface area contributed by atoms with E-state index < -0.39 is 0 Å². The number of methoxy groups -OCH3 is 1. The van der Waals surface area contributed by atoms with Crippen LogP contribution in [0.25, 0.3) is 0 Å². The van der Waals surface area contributed by atoms with Crippen molar-refractivity contribution in [3.05, 3.63) is 47.8 Å². The van der Waals surface area contributed by atoms with Crippen LogP contribution in [0.5, 0.6) is 5.75 Å². The predicted molar refractivity (Wildman–Crippen MR) is 138 cm³/mol. The van der Waals surface area contributed by atoms with Crippen LogP contribution in [-0.2, 0) is 6.54 Å². The molecule has 1 fully saturated rings. The number of nitrogens with one attached hydrogen (secondary N) is 2. The minimum atomic E-state index is 0. The number of rotatable bonds is 10. The topological polar surface area (TPSA) is 66.7 Å². The molecule has 3 rings (SSSR count). The predicted octanol–water partition coefficient (Wildman–Crippen LogP) is 3.60. The summed E-state index contributed by atoms with van der Waals surface area (Å²) in [7, 11) is 1.71. The summed E-state index contributed by atoms with van der Waals surface area (Å²) in [6.45, 7) is 9.80. The molecule has 1 atom stereocenters. The Morgan fingerprint density at radius 1 is 1.19 bits per heavy atom. The van der Waals surface area contributed by atoms with Gasteiger partial charge in [0.2, 0.25) is 0 Å². The molecule has 7 nitrogen and oxygen atoms in total. The van der Waals surface area contributed by atoms with Gasteiger partial charge in [0, 0.05) is 25.8 Å². The quantitative estimate of drug-likeness (QED) is 0.209. The molecule has 0 spiro atoms. The van der Waals surface area contributed by atoms with Gasteiger partial charge in [-0.05, 0) is 69.5 Å². The molecule has 0 amide bonds. The molecule has 1 aromatic heterocycles. The van der Waals surface area contributed by atoms with Crippen LogP contribution in [0.2, 0.25) is 0 Å². The zero-order valence-electron chi connectivity index (χ0n) is 19.0. The Balaban J connectivity index is 0.00000341. The van der Waals surface area contributed by atoms with Gasteiger partial charge in [0.25, 0.3) is 0 Å². The molecule has 1 aromatic carbocycles. The van der Waals surface area contributed by atoms with Crippen LogP contribution in [0.15, 0.2) is 41.7 Å². The van der Waals surface area contributed by atoms with E-state index in [9.17, 15) is 0 Å². The number of aromatic nitrogens is 2. The van der Waals surface area contributed by atoms with Gasteiger partial charge in [0.1, 0.15) is 5.75 Å². The van der Waals surface area contributed by atoms with E-state index in [2.05, 4.69) is 52.8 Å². The van der Waals surface area contributed by atoms with Crippen molar-refractivity contribution in [1.29, 1.82) is 0 Å². The van der Waals surface area contributed by atoms with Crippen LogP contribution in [-0.4, -0.2) is 60.5 Å². The third-order valence-corrected chi connectivity index (χ3v) is 5.47. The zero-order chi connectivity index (χ0) is 21.2. The van der Waals surface area contributed by atoms with Gasteiger partial charge in [-0.25, -0.2) is 0 Å². The Bertz CT molecular complexity index is 786. The molecule has 0 saturated carbocycles. The summed E-state index contributed by atoms with van der Waals surface area (Å²) >= 11 is 0. The van der Waals surface area contributed by atoms with E-state index in [1.54, 1.807) is 7.11 Å². The molecule has 172 valence electrons. The molecule has 1 aliphatic heterocycles. The highest BCUT2D eigenvalue weighted by Crippen LogP contribution is 2.27. The van der Waals surface area contributed by atoms with Crippen molar-refractivity contribution < 1.29 is 4.74 Å². The standard InChI is InChI=1S/C23H36N6O.HI/c1-4-24-23(25-12-7-15-29-18-19(2)16-27-29)26-17-22(28-13-5-6-14-28)20-8-10-21(30-3)11-9-20;/h8-11,16,18,22H,4-7,12-15,17H2,1-3H3,(H2,24,25,26);1H. The maximum atomic E-state index is 5.33. The van der Waals surface area contributed by atoms with Crippen LogP contribution in [0.4, 0.5) is 0 Å². The van der Waals surface area contributed by atoms with E-state index in [0.717, 1.165) is 57.4 Å². The van der Waals surface area contributed by atoms with Crippen LogP contribution in [0.1, 0.15) is 43.4 Å².